The van der Waals surface area contributed by atoms with E-state index in [4.69, 9.17) is 4.74 Å². The molecule has 1 amide bonds. The zero-order chi connectivity index (χ0) is 16.8. The number of ether oxygens (including phenoxy) is 1. The Bertz CT molecular complexity index is 509. The van der Waals surface area contributed by atoms with Crippen LogP contribution in [-0.4, -0.2) is 71.7 Å². The number of nitrogens with zero attached hydrogens (tertiary/aromatic N) is 4. The second-order valence-corrected chi connectivity index (χ2v) is 7.30. The summed E-state index contributed by atoms with van der Waals surface area (Å²) in [6.07, 6.45) is 10.9. The van der Waals surface area contributed by atoms with Crippen LogP contribution in [0.1, 0.15) is 32.1 Å². The first-order chi connectivity index (χ1) is 11.7. The van der Waals surface area contributed by atoms with Crippen LogP contribution < -0.4 is 0 Å². The van der Waals surface area contributed by atoms with Crippen LogP contribution in [0.25, 0.3) is 0 Å². The standard InChI is InChI=1S/C18H30N4O2/c1-24-14-2-8-22-15-18(4-3-17(22)23)5-9-20(10-6-18)12-13-21-11-7-19-16-21/h7,11,16H,2-6,8-10,12-15H2,1H3. The third-order valence-corrected chi connectivity index (χ3v) is 5.68. The highest BCUT2D eigenvalue weighted by molar-refractivity contribution is 5.77. The van der Waals surface area contributed by atoms with E-state index in [0.29, 0.717) is 11.3 Å². The normalized spacial score (nSPS) is 21.5. The number of hydrogen-bond acceptors (Lipinski definition) is 4. The smallest absolute Gasteiger partial charge is 0.222 e. The molecule has 6 heteroatoms. The number of methoxy groups -OCH3 is 1. The van der Waals surface area contributed by atoms with Crippen molar-refractivity contribution in [2.24, 2.45) is 5.41 Å². The number of aromatic nitrogens is 2. The maximum absolute atomic E-state index is 12.2. The molecule has 0 N–H and O–H groups in total. The van der Waals surface area contributed by atoms with E-state index in [-0.39, 0.29) is 0 Å². The van der Waals surface area contributed by atoms with Crippen molar-refractivity contribution in [3.05, 3.63) is 18.7 Å². The molecule has 0 aliphatic carbocycles. The molecule has 0 aromatic carbocycles. The van der Waals surface area contributed by atoms with Gasteiger partial charge in [-0.3, -0.25) is 4.79 Å². The van der Waals surface area contributed by atoms with Crippen molar-refractivity contribution in [3.63, 3.8) is 0 Å². The van der Waals surface area contributed by atoms with E-state index in [9.17, 15) is 4.79 Å². The summed E-state index contributed by atoms with van der Waals surface area (Å²) in [5.41, 5.74) is 0.354. The number of carbonyl (C=O) groups excluding carboxylic acids is 1. The maximum atomic E-state index is 12.2. The highest BCUT2D eigenvalue weighted by atomic mass is 16.5. The van der Waals surface area contributed by atoms with Gasteiger partial charge in [0, 0.05) is 58.7 Å². The van der Waals surface area contributed by atoms with Crippen LogP contribution in [0.2, 0.25) is 0 Å². The predicted molar refractivity (Wildman–Crippen MR) is 92.6 cm³/mol. The summed E-state index contributed by atoms with van der Waals surface area (Å²) in [7, 11) is 1.72. The van der Waals surface area contributed by atoms with Gasteiger partial charge in [-0.1, -0.05) is 0 Å². The Morgan fingerprint density at radius 2 is 2.04 bits per heavy atom. The molecule has 0 atom stereocenters. The van der Waals surface area contributed by atoms with Crippen molar-refractivity contribution in [1.82, 2.24) is 19.4 Å². The molecule has 134 valence electrons. The van der Waals surface area contributed by atoms with Crippen LogP contribution >= 0.6 is 0 Å². The lowest BCUT2D eigenvalue weighted by Gasteiger charge is -2.47. The number of hydrogen-bond donors (Lipinski definition) is 0. The zero-order valence-electron chi connectivity index (χ0n) is 14.8. The van der Waals surface area contributed by atoms with E-state index in [1.54, 1.807) is 7.11 Å². The molecule has 1 aromatic heterocycles. The molecule has 1 aromatic rings. The highest BCUT2D eigenvalue weighted by Gasteiger charge is 2.40. The van der Waals surface area contributed by atoms with E-state index in [0.717, 1.165) is 65.1 Å². The Morgan fingerprint density at radius 1 is 1.21 bits per heavy atom. The first-order valence-electron chi connectivity index (χ1n) is 9.16. The Labute approximate surface area is 144 Å². The Balaban J connectivity index is 1.46. The highest BCUT2D eigenvalue weighted by Crippen LogP contribution is 2.40. The van der Waals surface area contributed by atoms with E-state index in [1.807, 2.05) is 18.7 Å². The van der Waals surface area contributed by atoms with Crippen molar-refractivity contribution in [2.45, 2.75) is 38.6 Å². The summed E-state index contributed by atoms with van der Waals surface area (Å²) in [5.74, 6) is 0.333. The minimum atomic E-state index is 0.333. The number of likely N-dealkylation sites (tertiary alicyclic amines) is 2. The van der Waals surface area contributed by atoms with Crippen LogP contribution in [0.5, 0.6) is 0 Å². The van der Waals surface area contributed by atoms with Gasteiger partial charge in [0.2, 0.25) is 5.91 Å². The molecule has 0 radical (unpaired) electrons. The van der Waals surface area contributed by atoms with Gasteiger partial charge in [0.05, 0.1) is 6.33 Å². The molecular formula is C18H30N4O2. The molecule has 3 heterocycles. The predicted octanol–water partition coefficient (Wildman–Crippen LogP) is 1.62. The molecule has 2 fully saturated rings. The lowest BCUT2D eigenvalue weighted by molar-refractivity contribution is -0.139. The van der Waals surface area contributed by atoms with E-state index >= 15 is 0 Å². The summed E-state index contributed by atoms with van der Waals surface area (Å²) in [5, 5.41) is 0. The maximum Gasteiger partial charge on any atom is 0.222 e. The molecule has 2 aliphatic rings. The van der Waals surface area contributed by atoms with E-state index in [1.165, 1.54) is 12.8 Å². The summed E-state index contributed by atoms with van der Waals surface area (Å²) in [6, 6.07) is 0. The SMILES string of the molecule is COCCCN1CC2(CCC1=O)CCN(CCn1ccnc1)CC2. The van der Waals surface area contributed by atoms with Crippen molar-refractivity contribution >= 4 is 5.91 Å². The lowest BCUT2D eigenvalue weighted by atomic mass is 9.72. The number of piperidine rings is 2. The van der Waals surface area contributed by atoms with E-state index < -0.39 is 0 Å². The average Bonchev–Trinajstić information content (AvgIpc) is 3.12. The van der Waals surface area contributed by atoms with Crippen LogP contribution in [0.4, 0.5) is 0 Å². The third-order valence-electron chi connectivity index (χ3n) is 5.68. The minimum Gasteiger partial charge on any atom is -0.385 e. The average molecular weight is 334 g/mol. The summed E-state index contributed by atoms with van der Waals surface area (Å²) in [6.45, 7) is 6.92. The second kappa shape index (κ2) is 8.12. The quantitative estimate of drug-likeness (QED) is 0.711. The zero-order valence-corrected chi connectivity index (χ0v) is 14.8. The fourth-order valence-corrected chi connectivity index (χ4v) is 4.04. The fraction of sp³-hybridized carbons (Fsp3) is 0.778. The third kappa shape index (κ3) is 4.36. The van der Waals surface area contributed by atoms with Gasteiger partial charge in [-0.05, 0) is 44.2 Å². The van der Waals surface area contributed by atoms with Crippen LogP contribution in [0, 0.1) is 5.41 Å². The lowest BCUT2D eigenvalue weighted by Crippen LogP contribution is -2.52. The first-order valence-corrected chi connectivity index (χ1v) is 9.16. The molecule has 24 heavy (non-hydrogen) atoms. The summed E-state index contributed by atoms with van der Waals surface area (Å²) in [4.78, 5) is 20.9. The monoisotopic (exact) mass is 334 g/mol. The van der Waals surface area contributed by atoms with Gasteiger partial charge < -0.3 is 19.1 Å². The van der Waals surface area contributed by atoms with Crippen LogP contribution in [0.3, 0.4) is 0 Å². The first kappa shape index (κ1) is 17.4. The Kier molecular flexibility index (Phi) is 5.89. The van der Waals surface area contributed by atoms with Crippen LogP contribution in [0.15, 0.2) is 18.7 Å². The molecule has 2 saturated heterocycles. The van der Waals surface area contributed by atoms with Gasteiger partial charge in [-0.25, -0.2) is 4.98 Å². The Hall–Kier alpha value is -1.40. The van der Waals surface area contributed by atoms with Gasteiger partial charge in [-0.2, -0.15) is 0 Å². The van der Waals surface area contributed by atoms with Gasteiger partial charge >= 0.3 is 0 Å². The van der Waals surface area contributed by atoms with Crippen molar-refractivity contribution in [2.75, 3.05) is 46.4 Å². The van der Waals surface area contributed by atoms with Gasteiger partial charge in [-0.15, -0.1) is 0 Å². The van der Waals surface area contributed by atoms with Gasteiger partial charge in [0.1, 0.15) is 0 Å². The molecule has 0 bridgehead atoms. The fourth-order valence-electron chi connectivity index (χ4n) is 4.04. The van der Waals surface area contributed by atoms with Crippen molar-refractivity contribution in [1.29, 1.82) is 0 Å². The molecule has 0 unspecified atom stereocenters. The second-order valence-electron chi connectivity index (χ2n) is 7.30. The Morgan fingerprint density at radius 3 is 2.75 bits per heavy atom. The largest absolute Gasteiger partial charge is 0.385 e. The minimum absolute atomic E-state index is 0.333. The molecule has 3 rings (SSSR count). The topological polar surface area (TPSA) is 50.6 Å². The molecular weight excluding hydrogens is 304 g/mol. The van der Waals surface area contributed by atoms with Crippen molar-refractivity contribution < 1.29 is 9.53 Å². The molecule has 6 nitrogen and oxygen atoms in total. The van der Waals surface area contributed by atoms with Crippen LogP contribution in [-0.2, 0) is 16.1 Å². The molecule has 2 aliphatic heterocycles. The van der Waals surface area contributed by atoms with Crippen molar-refractivity contribution in [3.8, 4) is 0 Å². The number of carbonyl (C=O) groups is 1. The number of imidazole rings is 1. The summed E-state index contributed by atoms with van der Waals surface area (Å²) < 4.78 is 7.27. The van der Waals surface area contributed by atoms with Gasteiger partial charge in [0.25, 0.3) is 0 Å². The molecule has 1 spiro atoms. The van der Waals surface area contributed by atoms with E-state index in [2.05, 4.69) is 19.4 Å². The summed E-state index contributed by atoms with van der Waals surface area (Å²) >= 11 is 0. The molecule has 0 saturated carbocycles. The van der Waals surface area contributed by atoms with Gasteiger partial charge in [0.15, 0.2) is 0 Å². The number of amides is 1. The number of rotatable bonds is 7.